The number of hydrazine groups is 1. The van der Waals surface area contributed by atoms with Gasteiger partial charge in [0.1, 0.15) is 0 Å². The van der Waals surface area contributed by atoms with Crippen molar-refractivity contribution in [3.8, 4) is 0 Å². The summed E-state index contributed by atoms with van der Waals surface area (Å²) in [5.41, 5.74) is 4.59. The number of rotatable bonds is 8. The zero-order chi connectivity index (χ0) is 13.0. The first-order valence-corrected chi connectivity index (χ1v) is 4.87. The predicted molar refractivity (Wildman–Crippen MR) is 60.5 cm³/mol. The Bertz CT molecular complexity index is 170. The second-order valence-electron chi connectivity index (χ2n) is 3.28. The van der Waals surface area contributed by atoms with Crippen LogP contribution < -0.4 is 17.4 Å². The number of hydrogen-bond acceptors (Lipinski definition) is 6. The molecule has 0 atom stereocenters. The van der Waals surface area contributed by atoms with Crippen molar-refractivity contribution in [2.45, 2.75) is 12.8 Å². The molecule has 0 rings (SSSR count). The second-order valence-corrected chi connectivity index (χ2v) is 3.28. The number of nitrogens with two attached hydrogens (primary N) is 3. The molecule has 98 valence electrons. The van der Waals surface area contributed by atoms with Gasteiger partial charge in [-0.05, 0) is 12.8 Å². The Kier molecular flexibility index (Phi) is 11.9. The van der Waals surface area contributed by atoms with E-state index in [0.717, 1.165) is 0 Å². The third-order valence-electron chi connectivity index (χ3n) is 2.41. The van der Waals surface area contributed by atoms with E-state index in [1.54, 1.807) is 14.2 Å². The van der Waals surface area contributed by atoms with E-state index in [-0.39, 0.29) is 6.54 Å². The molecule has 0 aromatic heterocycles. The van der Waals surface area contributed by atoms with Crippen molar-refractivity contribution in [2.24, 2.45) is 22.8 Å². The molecule has 0 heterocycles. The summed E-state index contributed by atoms with van der Waals surface area (Å²) >= 11 is 0. The van der Waals surface area contributed by atoms with Gasteiger partial charge in [-0.15, -0.1) is 0 Å². The fraction of sp³-hybridized carbons (Fsp3) is 0.889. The van der Waals surface area contributed by atoms with Crippen LogP contribution in [0, 0.1) is 5.41 Å². The van der Waals surface area contributed by atoms with Crippen LogP contribution in [0.3, 0.4) is 0 Å². The van der Waals surface area contributed by atoms with E-state index in [0.29, 0.717) is 26.1 Å². The van der Waals surface area contributed by atoms with Crippen LogP contribution in [0.15, 0.2) is 0 Å². The van der Waals surface area contributed by atoms with E-state index < -0.39 is 11.4 Å². The van der Waals surface area contributed by atoms with Crippen molar-refractivity contribution in [3.05, 3.63) is 0 Å². The van der Waals surface area contributed by atoms with E-state index >= 15 is 0 Å². The highest BCUT2D eigenvalue weighted by Crippen LogP contribution is 2.25. The van der Waals surface area contributed by atoms with Gasteiger partial charge in [-0.25, -0.2) is 0 Å². The molecule has 0 saturated heterocycles. The Morgan fingerprint density at radius 1 is 1.19 bits per heavy atom. The molecule has 0 aliphatic heterocycles. The van der Waals surface area contributed by atoms with Gasteiger partial charge in [-0.2, -0.15) is 0 Å². The van der Waals surface area contributed by atoms with E-state index in [1.165, 1.54) is 0 Å². The van der Waals surface area contributed by atoms with E-state index in [1.807, 2.05) is 0 Å². The molecule has 0 unspecified atom stereocenters. The van der Waals surface area contributed by atoms with Crippen molar-refractivity contribution < 1.29 is 19.4 Å². The fourth-order valence-corrected chi connectivity index (χ4v) is 1.23. The first-order valence-electron chi connectivity index (χ1n) is 4.87. The Morgan fingerprint density at radius 3 is 1.75 bits per heavy atom. The highest BCUT2D eigenvalue weighted by atomic mass is 16.5. The maximum absolute atomic E-state index is 11.1. The molecular formula is C9H23N3O4. The van der Waals surface area contributed by atoms with Crippen LogP contribution >= 0.6 is 0 Å². The van der Waals surface area contributed by atoms with Gasteiger partial charge in [-0.3, -0.25) is 16.5 Å². The molecule has 0 aromatic rings. The highest BCUT2D eigenvalue weighted by Gasteiger charge is 2.36. The molecule has 16 heavy (non-hydrogen) atoms. The zero-order valence-corrected chi connectivity index (χ0v) is 9.94. The zero-order valence-electron chi connectivity index (χ0n) is 9.94. The molecule has 7 nitrogen and oxygen atoms in total. The van der Waals surface area contributed by atoms with Crippen molar-refractivity contribution >= 4 is 5.97 Å². The van der Waals surface area contributed by atoms with E-state index in [4.69, 9.17) is 20.3 Å². The molecular weight excluding hydrogens is 214 g/mol. The van der Waals surface area contributed by atoms with Gasteiger partial charge in [0.25, 0.3) is 0 Å². The van der Waals surface area contributed by atoms with Crippen LogP contribution in [-0.2, 0) is 14.3 Å². The highest BCUT2D eigenvalue weighted by molar-refractivity contribution is 5.74. The molecule has 0 spiro atoms. The molecule has 7 heteroatoms. The van der Waals surface area contributed by atoms with Crippen molar-refractivity contribution in [1.82, 2.24) is 0 Å². The molecule has 7 N–H and O–H groups in total. The summed E-state index contributed by atoms with van der Waals surface area (Å²) in [5, 5.41) is 9.09. The van der Waals surface area contributed by atoms with Gasteiger partial charge < -0.3 is 20.3 Å². The lowest BCUT2D eigenvalue weighted by Gasteiger charge is -2.27. The van der Waals surface area contributed by atoms with E-state index in [9.17, 15) is 4.79 Å². The standard InChI is InChI=1S/C9H19NO4.H4N2/c1-13-5-3-9(7-10,8(11)12)4-6-14-2;1-2/h3-7,10H2,1-2H3,(H,11,12);1-2H2. The number of hydrogen-bond donors (Lipinski definition) is 4. The average molecular weight is 237 g/mol. The molecule has 0 bridgehead atoms. The van der Waals surface area contributed by atoms with E-state index in [2.05, 4.69) is 11.7 Å². The van der Waals surface area contributed by atoms with Crippen LogP contribution in [0.5, 0.6) is 0 Å². The molecule has 0 fully saturated rings. The van der Waals surface area contributed by atoms with Crippen LogP contribution in [0.4, 0.5) is 0 Å². The van der Waals surface area contributed by atoms with Gasteiger partial charge in [0, 0.05) is 34.0 Å². The number of ether oxygens (including phenoxy) is 2. The summed E-state index contributed by atoms with van der Waals surface area (Å²) < 4.78 is 9.74. The first-order chi connectivity index (χ1) is 7.63. The van der Waals surface area contributed by atoms with Crippen molar-refractivity contribution in [1.29, 1.82) is 0 Å². The number of carboxylic acid groups (broad SMARTS) is 1. The Labute approximate surface area is 95.8 Å². The minimum atomic E-state index is -0.911. The SMILES string of the molecule is COCCC(CN)(CCOC)C(=O)O.NN. The molecule has 0 amide bonds. The summed E-state index contributed by atoms with van der Waals surface area (Å²) in [5.74, 6) is 7.12. The third kappa shape index (κ3) is 5.99. The molecule has 0 aromatic carbocycles. The predicted octanol–water partition coefficient (Wildman–Crippen LogP) is -1.09. The summed E-state index contributed by atoms with van der Waals surface area (Å²) in [6, 6.07) is 0. The minimum Gasteiger partial charge on any atom is -0.481 e. The lowest BCUT2D eigenvalue weighted by atomic mass is 9.82. The summed E-state index contributed by atoms with van der Waals surface area (Å²) in [7, 11) is 3.08. The Hall–Kier alpha value is -0.730. The van der Waals surface area contributed by atoms with Gasteiger partial charge in [-0.1, -0.05) is 0 Å². The quantitative estimate of drug-likeness (QED) is 0.311. The van der Waals surface area contributed by atoms with Gasteiger partial charge >= 0.3 is 5.97 Å². The summed E-state index contributed by atoms with van der Waals surface area (Å²) in [4.78, 5) is 11.1. The first kappa shape index (κ1) is 17.7. The Balaban J connectivity index is 0. The lowest BCUT2D eigenvalue weighted by Crippen LogP contribution is -2.40. The lowest BCUT2D eigenvalue weighted by molar-refractivity contribution is -0.150. The van der Waals surface area contributed by atoms with Gasteiger partial charge in [0.15, 0.2) is 0 Å². The number of aliphatic carboxylic acids is 1. The maximum Gasteiger partial charge on any atom is 0.311 e. The summed E-state index contributed by atoms with van der Waals surface area (Å²) in [6.45, 7) is 0.898. The second kappa shape index (κ2) is 10.8. The van der Waals surface area contributed by atoms with Crippen LogP contribution in [0.1, 0.15) is 12.8 Å². The molecule has 0 aliphatic carbocycles. The third-order valence-corrected chi connectivity index (χ3v) is 2.41. The molecule has 0 radical (unpaired) electrons. The van der Waals surface area contributed by atoms with Crippen molar-refractivity contribution in [3.63, 3.8) is 0 Å². The summed E-state index contributed by atoms with van der Waals surface area (Å²) in [6.07, 6.45) is 0.831. The fourth-order valence-electron chi connectivity index (χ4n) is 1.23. The topological polar surface area (TPSA) is 134 Å². The van der Waals surface area contributed by atoms with Gasteiger partial charge in [0.05, 0.1) is 5.41 Å². The largest absolute Gasteiger partial charge is 0.481 e. The normalized spacial score (nSPS) is 10.6. The number of carboxylic acids is 1. The van der Waals surface area contributed by atoms with Crippen LogP contribution in [0.2, 0.25) is 0 Å². The average Bonchev–Trinajstić information content (AvgIpc) is 2.32. The monoisotopic (exact) mass is 237 g/mol. The maximum atomic E-state index is 11.1. The number of carbonyl (C=O) groups is 1. The molecule has 0 aliphatic rings. The molecule has 0 saturated carbocycles. The van der Waals surface area contributed by atoms with Crippen LogP contribution in [0.25, 0.3) is 0 Å². The van der Waals surface area contributed by atoms with Crippen LogP contribution in [-0.4, -0.2) is 45.1 Å². The Morgan fingerprint density at radius 2 is 1.56 bits per heavy atom. The number of methoxy groups -OCH3 is 2. The minimum absolute atomic E-state index is 0.106. The van der Waals surface area contributed by atoms with Gasteiger partial charge in [0.2, 0.25) is 0 Å². The van der Waals surface area contributed by atoms with Crippen molar-refractivity contribution in [2.75, 3.05) is 34.0 Å². The smallest absolute Gasteiger partial charge is 0.311 e.